The predicted octanol–water partition coefficient (Wildman–Crippen LogP) is 4.68. The highest BCUT2D eigenvalue weighted by Crippen LogP contribution is 2.44. The Morgan fingerprint density at radius 3 is 2.10 bits per heavy atom. The molecule has 0 radical (unpaired) electrons. The number of fused-ring (bicyclic) bond motifs is 2. The molecular formula is C18H18O2. The summed E-state index contributed by atoms with van der Waals surface area (Å²) in [4.78, 5) is 12.6. The zero-order chi connectivity index (χ0) is 13.9. The summed E-state index contributed by atoms with van der Waals surface area (Å²) in [6.07, 6.45) is 2.61. The minimum Gasteiger partial charge on any atom is -0.457 e. The van der Waals surface area contributed by atoms with Gasteiger partial charge in [-0.2, -0.15) is 0 Å². The molecule has 0 amide bonds. The number of carbonyl (C=O) groups excluding carboxylic acids is 1. The highest BCUT2D eigenvalue weighted by Gasteiger charge is 2.31. The second kappa shape index (κ2) is 5.49. The van der Waals surface area contributed by atoms with Crippen LogP contribution in [-0.4, -0.2) is 5.78 Å². The molecule has 0 bridgehead atoms. The lowest BCUT2D eigenvalue weighted by Crippen LogP contribution is -2.18. The Kier molecular flexibility index (Phi) is 3.55. The van der Waals surface area contributed by atoms with Crippen LogP contribution in [0.15, 0.2) is 48.5 Å². The van der Waals surface area contributed by atoms with Gasteiger partial charge in [0.15, 0.2) is 0 Å². The van der Waals surface area contributed by atoms with Crippen LogP contribution in [-0.2, 0) is 4.79 Å². The molecule has 0 unspecified atom stereocenters. The maximum Gasteiger partial charge on any atom is 0.145 e. The van der Waals surface area contributed by atoms with E-state index in [1.54, 1.807) is 0 Å². The van der Waals surface area contributed by atoms with Crippen molar-refractivity contribution in [3.05, 3.63) is 59.7 Å². The van der Waals surface area contributed by atoms with Gasteiger partial charge in [-0.3, -0.25) is 4.79 Å². The molecule has 0 aromatic heterocycles. The van der Waals surface area contributed by atoms with Gasteiger partial charge in [-0.1, -0.05) is 49.7 Å². The first-order valence-electron chi connectivity index (χ1n) is 7.19. The van der Waals surface area contributed by atoms with Gasteiger partial charge in [-0.25, -0.2) is 0 Å². The van der Waals surface area contributed by atoms with Gasteiger partial charge in [0.25, 0.3) is 0 Å². The van der Waals surface area contributed by atoms with Crippen LogP contribution in [0.2, 0.25) is 0 Å². The summed E-state index contributed by atoms with van der Waals surface area (Å²) in [5.74, 6) is 1.72. The van der Waals surface area contributed by atoms with Crippen molar-refractivity contribution in [3.8, 4) is 11.5 Å². The summed E-state index contributed by atoms with van der Waals surface area (Å²) < 4.78 is 5.91. The minimum absolute atomic E-state index is 0.178. The SMILES string of the molecule is CCCCC(=O)C1c2ccccc2Oc2ccccc21. The molecule has 2 aromatic carbocycles. The summed E-state index contributed by atoms with van der Waals surface area (Å²) in [5, 5.41) is 0. The largest absolute Gasteiger partial charge is 0.457 e. The maximum atomic E-state index is 12.6. The Labute approximate surface area is 119 Å². The number of unbranched alkanes of at least 4 members (excludes halogenated alkanes) is 1. The van der Waals surface area contributed by atoms with Gasteiger partial charge >= 0.3 is 0 Å². The molecule has 0 saturated heterocycles. The van der Waals surface area contributed by atoms with Crippen LogP contribution in [0.5, 0.6) is 11.5 Å². The molecule has 102 valence electrons. The summed E-state index contributed by atoms with van der Waals surface area (Å²) in [6, 6.07) is 15.7. The Morgan fingerprint density at radius 2 is 1.55 bits per heavy atom. The van der Waals surface area contributed by atoms with Gasteiger partial charge in [0.2, 0.25) is 0 Å². The van der Waals surface area contributed by atoms with Crippen molar-refractivity contribution < 1.29 is 9.53 Å². The average Bonchev–Trinajstić information content (AvgIpc) is 2.50. The predicted molar refractivity (Wildman–Crippen MR) is 79.3 cm³/mol. The normalized spacial score (nSPS) is 13.2. The van der Waals surface area contributed by atoms with Gasteiger partial charge in [-0.05, 0) is 18.6 Å². The number of rotatable bonds is 4. The number of benzene rings is 2. The van der Waals surface area contributed by atoms with Crippen LogP contribution in [0.1, 0.15) is 43.2 Å². The third-order valence-corrected chi connectivity index (χ3v) is 3.78. The first kappa shape index (κ1) is 12.9. The quantitative estimate of drug-likeness (QED) is 0.803. The van der Waals surface area contributed by atoms with E-state index in [9.17, 15) is 4.79 Å². The zero-order valence-corrected chi connectivity index (χ0v) is 11.6. The van der Waals surface area contributed by atoms with Crippen molar-refractivity contribution in [3.63, 3.8) is 0 Å². The van der Waals surface area contributed by atoms with E-state index in [0.717, 1.165) is 35.5 Å². The molecule has 0 spiro atoms. The minimum atomic E-state index is -0.178. The fourth-order valence-electron chi connectivity index (χ4n) is 2.75. The van der Waals surface area contributed by atoms with Crippen molar-refractivity contribution in [1.82, 2.24) is 0 Å². The summed E-state index contributed by atoms with van der Waals surface area (Å²) in [6.45, 7) is 2.11. The van der Waals surface area contributed by atoms with E-state index in [1.807, 2.05) is 48.5 Å². The summed E-state index contributed by atoms with van der Waals surface area (Å²) >= 11 is 0. The van der Waals surface area contributed by atoms with Crippen molar-refractivity contribution in [2.45, 2.75) is 32.1 Å². The number of Topliss-reactive ketones (excluding diaryl/α,β-unsaturated/α-hetero) is 1. The van der Waals surface area contributed by atoms with E-state index in [-0.39, 0.29) is 11.7 Å². The van der Waals surface area contributed by atoms with Gasteiger partial charge in [0.1, 0.15) is 17.3 Å². The number of hydrogen-bond donors (Lipinski definition) is 0. The van der Waals surface area contributed by atoms with Crippen molar-refractivity contribution >= 4 is 5.78 Å². The number of ether oxygens (including phenoxy) is 1. The Bertz CT molecular complexity index is 585. The van der Waals surface area contributed by atoms with Crippen LogP contribution in [0.4, 0.5) is 0 Å². The fourth-order valence-corrected chi connectivity index (χ4v) is 2.75. The van der Waals surface area contributed by atoms with Crippen molar-refractivity contribution in [1.29, 1.82) is 0 Å². The van der Waals surface area contributed by atoms with Gasteiger partial charge in [-0.15, -0.1) is 0 Å². The second-order valence-corrected chi connectivity index (χ2v) is 5.18. The van der Waals surface area contributed by atoms with Crippen LogP contribution in [0.25, 0.3) is 0 Å². The number of carbonyl (C=O) groups is 1. The monoisotopic (exact) mass is 266 g/mol. The van der Waals surface area contributed by atoms with Gasteiger partial charge in [0, 0.05) is 17.5 Å². The molecule has 2 nitrogen and oxygen atoms in total. The lowest BCUT2D eigenvalue weighted by atomic mass is 9.83. The Hall–Kier alpha value is -2.09. The van der Waals surface area contributed by atoms with E-state index in [0.29, 0.717) is 6.42 Å². The van der Waals surface area contributed by atoms with Crippen molar-refractivity contribution in [2.75, 3.05) is 0 Å². The topological polar surface area (TPSA) is 26.3 Å². The molecular weight excluding hydrogens is 248 g/mol. The standard InChI is InChI=1S/C18H18O2/c1-2-3-10-15(19)18-13-8-4-6-11-16(13)20-17-12-7-5-9-14(17)18/h4-9,11-12,18H,2-3,10H2,1H3. The van der Waals surface area contributed by atoms with E-state index in [2.05, 4.69) is 6.92 Å². The fraction of sp³-hybridized carbons (Fsp3) is 0.278. The van der Waals surface area contributed by atoms with Crippen molar-refractivity contribution in [2.24, 2.45) is 0 Å². The zero-order valence-electron chi connectivity index (χ0n) is 11.6. The molecule has 20 heavy (non-hydrogen) atoms. The highest BCUT2D eigenvalue weighted by atomic mass is 16.5. The van der Waals surface area contributed by atoms with Crippen LogP contribution < -0.4 is 4.74 Å². The molecule has 2 aromatic rings. The van der Waals surface area contributed by atoms with Crippen LogP contribution in [0, 0.1) is 0 Å². The lowest BCUT2D eigenvalue weighted by molar-refractivity contribution is -0.119. The number of hydrogen-bond acceptors (Lipinski definition) is 2. The number of ketones is 1. The molecule has 1 heterocycles. The highest BCUT2D eigenvalue weighted by molar-refractivity contribution is 5.91. The molecule has 0 aliphatic carbocycles. The van der Waals surface area contributed by atoms with Gasteiger partial charge in [0.05, 0.1) is 5.92 Å². The van der Waals surface area contributed by atoms with E-state index < -0.39 is 0 Å². The van der Waals surface area contributed by atoms with Crippen LogP contribution >= 0.6 is 0 Å². The summed E-state index contributed by atoms with van der Waals surface area (Å²) in [5.41, 5.74) is 1.99. The molecule has 0 atom stereocenters. The molecule has 0 N–H and O–H groups in total. The smallest absolute Gasteiger partial charge is 0.145 e. The number of para-hydroxylation sites is 2. The first-order chi connectivity index (χ1) is 9.81. The average molecular weight is 266 g/mol. The molecule has 2 heteroatoms. The molecule has 0 fully saturated rings. The molecule has 0 saturated carbocycles. The maximum absolute atomic E-state index is 12.6. The second-order valence-electron chi connectivity index (χ2n) is 5.18. The Balaban J connectivity index is 2.05. The first-order valence-corrected chi connectivity index (χ1v) is 7.19. The van der Waals surface area contributed by atoms with E-state index in [4.69, 9.17) is 4.74 Å². The third kappa shape index (κ3) is 2.22. The van der Waals surface area contributed by atoms with E-state index >= 15 is 0 Å². The molecule has 3 rings (SSSR count). The lowest BCUT2D eigenvalue weighted by Gasteiger charge is -2.27. The molecule has 1 aliphatic rings. The van der Waals surface area contributed by atoms with E-state index in [1.165, 1.54) is 0 Å². The molecule has 1 aliphatic heterocycles. The van der Waals surface area contributed by atoms with Gasteiger partial charge < -0.3 is 4.74 Å². The summed E-state index contributed by atoms with van der Waals surface area (Å²) in [7, 11) is 0. The Morgan fingerprint density at radius 1 is 1.00 bits per heavy atom. The van der Waals surface area contributed by atoms with Crippen LogP contribution in [0.3, 0.4) is 0 Å². The third-order valence-electron chi connectivity index (χ3n) is 3.78.